The molecule has 0 fully saturated rings. The number of hydrogen-bond acceptors (Lipinski definition) is 4. The van der Waals surface area contributed by atoms with Gasteiger partial charge in [0.15, 0.2) is 0 Å². The molecule has 1 rings (SSSR count). The van der Waals surface area contributed by atoms with Crippen LogP contribution in [0.3, 0.4) is 0 Å². The SMILES string of the molecule is COc1ccc(C)cc1C(O)CNCC(C)(C)O. The van der Waals surface area contributed by atoms with Crippen molar-refractivity contribution in [1.29, 1.82) is 0 Å². The molecule has 0 radical (unpaired) electrons. The Bertz CT molecular complexity index is 385. The van der Waals surface area contributed by atoms with E-state index in [1.54, 1.807) is 21.0 Å². The van der Waals surface area contributed by atoms with Crippen LogP contribution in [-0.2, 0) is 0 Å². The average molecular weight is 253 g/mol. The maximum absolute atomic E-state index is 10.1. The largest absolute Gasteiger partial charge is 0.496 e. The highest BCUT2D eigenvalue weighted by Gasteiger charge is 2.16. The standard InChI is InChI=1S/C14H23NO3/c1-10-5-6-13(18-4)11(7-10)12(16)8-15-9-14(2,3)17/h5-7,12,15-17H,8-9H2,1-4H3. The highest BCUT2D eigenvalue weighted by atomic mass is 16.5. The number of benzene rings is 1. The van der Waals surface area contributed by atoms with Crippen LogP contribution in [0.1, 0.15) is 31.1 Å². The quantitative estimate of drug-likeness (QED) is 0.717. The highest BCUT2D eigenvalue weighted by Crippen LogP contribution is 2.25. The number of aliphatic hydroxyl groups excluding tert-OH is 1. The predicted molar refractivity (Wildman–Crippen MR) is 71.9 cm³/mol. The van der Waals surface area contributed by atoms with Gasteiger partial charge in [-0.05, 0) is 32.9 Å². The fraction of sp³-hybridized carbons (Fsp3) is 0.571. The van der Waals surface area contributed by atoms with Crippen molar-refractivity contribution in [1.82, 2.24) is 5.32 Å². The minimum Gasteiger partial charge on any atom is -0.496 e. The van der Waals surface area contributed by atoms with E-state index in [4.69, 9.17) is 4.74 Å². The molecule has 0 aliphatic rings. The molecule has 1 unspecified atom stereocenters. The molecule has 0 saturated heterocycles. The third-order valence-corrected chi connectivity index (χ3v) is 2.64. The molecule has 0 saturated carbocycles. The summed E-state index contributed by atoms with van der Waals surface area (Å²) in [4.78, 5) is 0. The lowest BCUT2D eigenvalue weighted by Gasteiger charge is -2.20. The summed E-state index contributed by atoms with van der Waals surface area (Å²) < 4.78 is 5.23. The monoisotopic (exact) mass is 253 g/mol. The molecular formula is C14H23NO3. The van der Waals surface area contributed by atoms with E-state index in [1.807, 2.05) is 25.1 Å². The Labute approximate surface area is 109 Å². The Morgan fingerprint density at radius 2 is 2.06 bits per heavy atom. The van der Waals surface area contributed by atoms with Crippen LogP contribution < -0.4 is 10.1 Å². The van der Waals surface area contributed by atoms with Gasteiger partial charge < -0.3 is 20.3 Å². The van der Waals surface area contributed by atoms with Crippen molar-refractivity contribution < 1.29 is 14.9 Å². The summed E-state index contributed by atoms with van der Waals surface area (Å²) in [5.74, 6) is 0.679. The Morgan fingerprint density at radius 1 is 1.39 bits per heavy atom. The van der Waals surface area contributed by atoms with Gasteiger partial charge in [0.2, 0.25) is 0 Å². The molecule has 18 heavy (non-hydrogen) atoms. The molecule has 0 aromatic heterocycles. The van der Waals surface area contributed by atoms with E-state index < -0.39 is 11.7 Å². The number of methoxy groups -OCH3 is 1. The van der Waals surface area contributed by atoms with Gasteiger partial charge in [0.1, 0.15) is 5.75 Å². The summed E-state index contributed by atoms with van der Waals surface area (Å²) in [5.41, 5.74) is 1.06. The Balaban J connectivity index is 2.66. The summed E-state index contributed by atoms with van der Waals surface area (Å²) in [6.45, 7) is 6.22. The summed E-state index contributed by atoms with van der Waals surface area (Å²) in [6.07, 6.45) is -0.651. The zero-order valence-electron chi connectivity index (χ0n) is 11.5. The molecule has 1 atom stereocenters. The minimum atomic E-state index is -0.781. The summed E-state index contributed by atoms with van der Waals surface area (Å²) in [6, 6.07) is 5.71. The van der Waals surface area contributed by atoms with Gasteiger partial charge >= 0.3 is 0 Å². The number of nitrogens with one attached hydrogen (secondary N) is 1. The van der Waals surface area contributed by atoms with Crippen LogP contribution in [0.2, 0.25) is 0 Å². The lowest BCUT2D eigenvalue weighted by atomic mass is 10.0. The summed E-state index contributed by atoms with van der Waals surface area (Å²) >= 11 is 0. The highest BCUT2D eigenvalue weighted by molar-refractivity contribution is 5.38. The normalized spacial score (nSPS) is 13.4. The van der Waals surface area contributed by atoms with E-state index in [0.29, 0.717) is 18.8 Å². The first-order valence-corrected chi connectivity index (χ1v) is 6.09. The summed E-state index contributed by atoms with van der Waals surface area (Å²) in [5, 5.41) is 22.7. The maximum atomic E-state index is 10.1. The van der Waals surface area contributed by atoms with Gasteiger partial charge in [0, 0.05) is 18.7 Å². The molecule has 0 bridgehead atoms. The molecule has 102 valence electrons. The van der Waals surface area contributed by atoms with E-state index in [1.165, 1.54) is 0 Å². The zero-order valence-corrected chi connectivity index (χ0v) is 11.5. The Kier molecular flexibility index (Phi) is 5.14. The van der Waals surface area contributed by atoms with Gasteiger partial charge in [-0.1, -0.05) is 11.6 Å². The van der Waals surface area contributed by atoms with E-state index in [9.17, 15) is 10.2 Å². The molecule has 4 heteroatoms. The second-order valence-corrected chi connectivity index (χ2v) is 5.20. The number of ether oxygens (including phenoxy) is 1. The van der Waals surface area contributed by atoms with Crippen LogP contribution in [-0.4, -0.2) is 36.0 Å². The molecule has 1 aromatic rings. The molecule has 0 heterocycles. The van der Waals surface area contributed by atoms with Crippen LogP contribution in [0.5, 0.6) is 5.75 Å². The van der Waals surface area contributed by atoms with Crippen molar-refractivity contribution in [3.05, 3.63) is 29.3 Å². The van der Waals surface area contributed by atoms with Crippen LogP contribution in [0.4, 0.5) is 0 Å². The van der Waals surface area contributed by atoms with Gasteiger partial charge in [-0.3, -0.25) is 0 Å². The van der Waals surface area contributed by atoms with Crippen molar-refractivity contribution in [2.45, 2.75) is 32.5 Å². The van der Waals surface area contributed by atoms with Crippen molar-refractivity contribution in [2.75, 3.05) is 20.2 Å². The van der Waals surface area contributed by atoms with E-state index >= 15 is 0 Å². The van der Waals surface area contributed by atoms with Crippen LogP contribution in [0, 0.1) is 6.92 Å². The van der Waals surface area contributed by atoms with Crippen molar-refractivity contribution in [3.8, 4) is 5.75 Å². The van der Waals surface area contributed by atoms with Gasteiger partial charge in [0.05, 0.1) is 18.8 Å². The van der Waals surface area contributed by atoms with Gasteiger partial charge in [-0.15, -0.1) is 0 Å². The van der Waals surface area contributed by atoms with E-state index in [0.717, 1.165) is 11.1 Å². The first-order valence-electron chi connectivity index (χ1n) is 6.09. The molecular weight excluding hydrogens is 230 g/mol. The fourth-order valence-electron chi connectivity index (χ4n) is 1.74. The summed E-state index contributed by atoms with van der Waals surface area (Å²) in [7, 11) is 1.59. The van der Waals surface area contributed by atoms with Crippen molar-refractivity contribution in [3.63, 3.8) is 0 Å². The van der Waals surface area contributed by atoms with Crippen LogP contribution in [0.25, 0.3) is 0 Å². The third-order valence-electron chi connectivity index (χ3n) is 2.64. The smallest absolute Gasteiger partial charge is 0.124 e. The number of aliphatic hydroxyl groups is 2. The zero-order chi connectivity index (χ0) is 13.8. The number of rotatable bonds is 6. The average Bonchev–Trinajstić information content (AvgIpc) is 2.27. The minimum absolute atomic E-state index is 0.379. The van der Waals surface area contributed by atoms with Crippen molar-refractivity contribution in [2.24, 2.45) is 0 Å². The number of aryl methyl sites for hydroxylation is 1. The van der Waals surface area contributed by atoms with Gasteiger partial charge in [0.25, 0.3) is 0 Å². The first-order chi connectivity index (χ1) is 8.33. The molecule has 0 amide bonds. The first kappa shape index (κ1) is 15.0. The van der Waals surface area contributed by atoms with E-state index in [2.05, 4.69) is 5.32 Å². The third kappa shape index (κ3) is 4.64. The number of hydrogen-bond donors (Lipinski definition) is 3. The second-order valence-electron chi connectivity index (χ2n) is 5.20. The van der Waals surface area contributed by atoms with Crippen molar-refractivity contribution >= 4 is 0 Å². The predicted octanol–water partition coefficient (Wildman–Crippen LogP) is 1.40. The molecule has 0 aliphatic heterocycles. The molecule has 0 aliphatic carbocycles. The molecule has 4 nitrogen and oxygen atoms in total. The van der Waals surface area contributed by atoms with Crippen LogP contribution >= 0.6 is 0 Å². The lowest BCUT2D eigenvalue weighted by Crippen LogP contribution is -2.36. The van der Waals surface area contributed by atoms with Gasteiger partial charge in [-0.25, -0.2) is 0 Å². The fourth-order valence-corrected chi connectivity index (χ4v) is 1.74. The molecule has 3 N–H and O–H groups in total. The van der Waals surface area contributed by atoms with Gasteiger partial charge in [-0.2, -0.15) is 0 Å². The second kappa shape index (κ2) is 6.18. The maximum Gasteiger partial charge on any atom is 0.124 e. The lowest BCUT2D eigenvalue weighted by molar-refractivity contribution is 0.0738. The molecule has 0 spiro atoms. The van der Waals surface area contributed by atoms with E-state index in [-0.39, 0.29) is 0 Å². The van der Waals surface area contributed by atoms with Crippen LogP contribution in [0.15, 0.2) is 18.2 Å². The Hall–Kier alpha value is -1.10. The Morgan fingerprint density at radius 3 is 2.61 bits per heavy atom. The topological polar surface area (TPSA) is 61.7 Å². The molecule has 1 aromatic carbocycles.